The summed E-state index contributed by atoms with van der Waals surface area (Å²) in [7, 11) is 1.29. The van der Waals surface area contributed by atoms with Crippen molar-refractivity contribution in [3.8, 4) is 0 Å². The Labute approximate surface area is 180 Å². The van der Waals surface area contributed by atoms with Gasteiger partial charge in [-0.1, -0.05) is 12.1 Å². The predicted octanol–water partition coefficient (Wildman–Crippen LogP) is 2.57. The highest BCUT2D eigenvalue weighted by Gasteiger charge is 2.17. The van der Waals surface area contributed by atoms with E-state index in [4.69, 9.17) is 4.74 Å². The zero-order valence-electron chi connectivity index (χ0n) is 17.8. The molecular formula is C22H25N3O6. The molecule has 3 N–H and O–H groups in total. The van der Waals surface area contributed by atoms with Gasteiger partial charge in [-0.05, 0) is 62.7 Å². The molecule has 0 radical (unpaired) electrons. The number of methoxy groups -OCH3 is 1. The van der Waals surface area contributed by atoms with E-state index in [2.05, 4.69) is 20.9 Å². The summed E-state index contributed by atoms with van der Waals surface area (Å²) in [5.74, 6) is -1.29. The lowest BCUT2D eigenvalue weighted by molar-refractivity contribution is 0.0483. The number of hydrogen-bond donors (Lipinski definition) is 3. The second-order valence-corrected chi connectivity index (χ2v) is 7.53. The highest BCUT2D eigenvalue weighted by atomic mass is 16.6. The predicted molar refractivity (Wildman–Crippen MR) is 112 cm³/mol. The van der Waals surface area contributed by atoms with E-state index >= 15 is 0 Å². The van der Waals surface area contributed by atoms with Crippen molar-refractivity contribution in [3.05, 3.63) is 70.8 Å². The molecule has 0 spiro atoms. The van der Waals surface area contributed by atoms with Gasteiger partial charge in [-0.3, -0.25) is 15.0 Å². The molecule has 3 amide bonds. The molecule has 0 aromatic heterocycles. The molecule has 0 heterocycles. The molecule has 0 aliphatic rings. The van der Waals surface area contributed by atoms with Crippen LogP contribution in [-0.4, -0.2) is 36.6 Å². The Morgan fingerprint density at radius 2 is 1.29 bits per heavy atom. The van der Waals surface area contributed by atoms with E-state index in [0.717, 1.165) is 5.56 Å². The van der Waals surface area contributed by atoms with Gasteiger partial charge in [0.25, 0.3) is 11.8 Å². The first-order chi connectivity index (χ1) is 14.6. The standard InChI is InChI=1S/C22H25N3O6/c1-22(2,3)31-21(29)25-24-19(27)16-7-5-14(6-8-16)13-23-18(26)15-9-11-17(12-10-15)20(28)30-4/h5-12H,13H2,1-4H3,(H,23,26)(H,24,27)(H,25,29). The maximum Gasteiger partial charge on any atom is 0.426 e. The van der Waals surface area contributed by atoms with Gasteiger partial charge in [0, 0.05) is 17.7 Å². The average Bonchev–Trinajstić information content (AvgIpc) is 2.74. The van der Waals surface area contributed by atoms with E-state index in [-0.39, 0.29) is 12.5 Å². The third-order valence-corrected chi connectivity index (χ3v) is 3.91. The van der Waals surface area contributed by atoms with E-state index in [0.29, 0.717) is 16.7 Å². The van der Waals surface area contributed by atoms with Crippen LogP contribution in [0, 0.1) is 0 Å². The smallest absolute Gasteiger partial charge is 0.426 e. The number of carbonyl (C=O) groups excluding carboxylic acids is 4. The third kappa shape index (κ3) is 7.46. The monoisotopic (exact) mass is 427 g/mol. The van der Waals surface area contributed by atoms with Crippen molar-refractivity contribution in [1.29, 1.82) is 0 Å². The summed E-state index contributed by atoms with van der Waals surface area (Å²) in [6, 6.07) is 12.6. The maximum atomic E-state index is 12.2. The number of amides is 3. The Kier molecular flexibility index (Phi) is 7.73. The Bertz CT molecular complexity index is 947. The summed E-state index contributed by atoms with van der Waals surface area (Å²) in [5, 5.41) is 2.76. The van der Waals surface area contributed by atoms with Crippen molar-refractivity contribution in [2.75, 3.05) is 7.11 Å². The van der Waals surface area contributed by atoms with Gasteiger partial charge in [0.2, 0.25) is 0 Å². The molecule has 164 valence electrons. The fraction of sp³-hybridized carbons (Fsp3) is 0.273. The lowest BCUT2D eigenvalue weighted by Crippen LogP contribution is -2.44. The first-order valence-electron chi connectivity index (χ1n) is 9.44. The zero-order chi connectivity index (χ0) is 23.0. The average molecular weight is 427 g/mol. The van der Waals surface area contributed by atoms with Gasteiger partial charge in [0.15, 0.2) is 0 Å². The Hall–Kier alpha value is -3.88. The SMILES string of the molecule is COC(=O)c1ccc(C(=O)NCc2ccc(C(=O)NNC(=O)OC(C)(C)C)cc2)cc1. The summed E-state index contributed by atoms with van der Waals surface area (Å²) in [6.07, 6.45) is -0.764. The molecule has 0 bridgehead atoms. The van der Waals surface area contributed by atoms with Gasteiger partial charge in [0.05, 0.1) is 12.7 Å². The topological polar surface area (TPSA) is 123 Å². The van der Waals surface area contributed by atoms with Crippen molar-refractivity contribution in [3.63, 3.8) is 0 Å². The van der Waals surface area contributed by atoms with E-state index in [9.17, 15) is 19.2 Å². The molecule has 2 aromatic carbocycles. The molecule has 2 aromatic rings. The first-order valence-corrected chi connectivity index (χ1v) is 9.44. The van der Waals surface area contributed by atoms with Gasteiger partial charge in [-0.15, -0.1) is 0 Å². The van der Waals surface area contributed by atoms with Crippen LogP contribution >= 0.6 is 0 Å². The summed E-state index contributed by atoms with van der Waals surface area (Å²) < 4.78 is 9.65. The summed E-state index contributed by atoms with van der Waals surface area (Å²) in [6.45, 7) is 5.38. The third-order valence-electron chi connectivity index (χ3n) is 3.91. The number of rotatable bonds is 5. The second-order valence-electron chi connectivity index (χ2n) is 7.53. The molecule has 0 aliphatic carbocycles. The van der Waals surface area contributed by atoms with Crippen LogP contribution in [0.3, 0.4) is 0 Å². The quantitative estimate of drug-likeness (QED) is 0.498. The van der Waals surface area contributed by atoms with Crippen LogP contribution in [0.5, 0.6) is 0 Å². The second kappa shape index (κ2) is 10.2. The van der Waals surface area contributed by atoms with Crippen molar-refractivity contribution >= 4 is 23.9 Å². The summed E-state index contributed by atoms with van der Waals surface area (Å²) >= 11 is 0. The highest BCUT2D eigenvalue weighted by Crippen LogP contribution is 2.08. The van der Waals surface area contributed by atoms with E-state index in [1.807, 2.05) is 0 Å². The minimum Gasteiger partial charge on any atom is -0.465 e. The van der Waals surface area contributed by atoms with E-state index in [1.165, 1.54) is 31.4 Å². The molecule has 0 atom stereocenters. The Morgan fingerprint density at radius 1 is 0.774 bits per heavy atom. The van der Waals surface area contributed by atoms with Crippen LogP contribution < -0.4 is 16.2 Å². The number of hydrogen-bond acceptors (Lipinski definition) is 6. The molecule has 31 heavy (non-hydrogen) atoms. The van der Waals surface area contributed by atoms with Crippen LogP contribution in [-0.2, 0) is 16.0 Å². The molecule has 0 saturated heterocycles. The number of nitrogens with one attached hydrogen (secondary N) is 3. The van der Waals surface area contributed by atoms with Crippen molar-refractivity contribution < 1.29 is 28.7 Å². The Balaban J connectivity index is 1.85. The van der Waals surface area contributed by atoms with E-state index < -0.39 is 23.6 Å². The van der Waals surface area contributed by atoms with Crippen molar-refractivity contribution in [2.24, 2.45) is 0 Å². The van der Waals surface area contributed by atoms with Gasteiger partial charge >= 0.3 is 12.1 Å². The van der Waals surface area contributed by atoms with Crippen LogP contribution in [0.1, 0.15) is 57.4 Å². The molecular weight excluding hydrogens is 402 g/mol. The van der Waals surface area contributed by atoms with Gasteiger partial charge in [0.1, 0.15) is 5.60 Å². The maximum absolute atomic E-state index is 12.2. The molecule has 0 saturated carbocycles. The first kappa shape index (κ1) is 23.4. The highest BCUT2D eigenvalue weighted by molar-refractivity contribution is 5.96. The van der Waals surface area contributed by atoms with Gasteiger partial charge < -0.3 is 14.8 Å². The number of esters is 1. The largest absolute Gasteiger partial charge is 0.465 e. The van der Waals surface area contributed by atoms with Crippen molar-refractivity contribution in [1.82, 2.24) is 16.2 Å². The zero-order valence-corrected chi connectivity index (χ0v) is 17.8. The van der Waals surface area contributed by atoms with Gasteiger partial charge in [-0.25, -0.2) is 15.0 Å². The lowest BCUT2D eigenvalue weighted by atomic mass is 10.1. The summed E-state index contributed by atoms with van der Waals surface area (Å²) in [4.78, 5) is 47.3. The molecule has 0 unspecified atom stereocenters. The fourth-order valence-corrected chi connectivity index (χ4v) is 2.42. The summed E-state index contributed by atoms with van der Waals surface area (Å²) in [5.41, 5.74) is 5.62. The van der Waals surface area contributed by atoms with Crippen LogP contribution in [0.4, 0.5) is 4.79 Å². The molecule has 2 rings (SSSR count). The normalized spacial score (nSPS) is 10.6. The van der Waals surface area contributed by atoms with Crippen molar-refractivity contribution in [2.45, 2.75) is 32.9 Å². The molecule has 9 heteroatoms. The number of ether oxygens (including phenoxy) is 2. The minimum atomic E-state index is -0.764. The number of benzene rings is 2. The van der Waals surface area contributed by atoms with Crippen LogP contribution in [0.2, 0.25) is 0 Å². The lowest BCUT2D eigenvalue weighted by Gasteiger charge is -2.19. The molecule has 0 fully saturated rings. The molecule has 9 nitrogen and oxygen atoms in total. The van der Waals surface area contributed by atoms with E-state index in [1.54, 1.807) is 45.0 Å². The Morgan fingerprint density at radius 3 is 1.84 bits per heavy atom. The van der Waals surface area contributed by atoms with Crippen LogP contribution in [0.25, 0.3) is 0 Å². The number of carbonyl (C=O) groups is 4. The molecule has 0 aliphatic heterocycles. The van der Waals surface area contributed by atoms with Crippen LogP contribution in [0.15, 0.2) is 48.5 Å². The fourth-order valence-electron chi connectivity index (χ4n) is 2.42. The number of hydrazine groups is 1. The minimum absolute atomic E-state index is 0.246. The van der Waals surface area contributed by atoms with Gasteiger partial charge in [-0.2, -0.15) is 0 Å².